The summed E-state index contributed by atoms with van der Waals surface area (Å²) in [5.41, 5.74) is 0.895. The summed E-state index contributed by atoms with van der Waals surface area (Å²) in [5, 5.41) is 3.14. The number of carbonyl (C=O) groups excluding carboxylic acids is 1. The molecule has 1 N–H and O–H groups in total. The summed E-state index contributed by atoms with van der Waals surface area (Å²) < 4.78 is 18.8. The van der Waals surface area contributed by atoms with Crippen LogP contribution in [0.25, 0.3) is 0 Å². The van der Waals surface area contributed by atoms with Gasteiger partial charge in [-0.3, -0.25) is 10.1 Å². The molecule has 1 aromatic carbocycles. The van der Waals surface area contributed by atoms with Crippen molar-refractivity contribution in [3.63, 3.8) is 0 Å². The molecule has 1 atom stereocenters. The predicted octanol–water partition coefficient (Wildman–Crippen LogP) is 2.70. The Hall–Kier alpha value is -1.62. The third kappa shape index (κ3) is 3.73. The fourth-order valence-corrected chi connectivity index (χ4v) is 2.40. The lowest BCUT2D eigenvalue weighted by atomic mass is 9.92. The molecule has 5 heteroatoms. The van der Waals surface area contributed by atoms with Crippen LogP contribution in [0.1, 0.15) is 38.9 Å². The van der Waals surface area contributed by atoms with Gasteiger partial charge in [-0.15, -0.1) is 0 Å². The van der Waals surface area contributed by atoms with Crippen LogP contribution in [0.4, 0.5) is 4.39 Å². The van der Waals surface area contributed by atoms with Crippen molar-refractivity contribution in [1.82, 2.24) is 10.2 Å². The topological polar surface area (TPSA) is 41.6 Å². The molecule has 0 bridgehead atoms. The zero-order valence-corrected chi connectivity index (χ0v) is 13.1. The van der Waals surface area contributed by atoms with Crippen molar-refractivity contribution in [2.24, 2.45) is 5.41 Å². The monoisotopic (exact) mass is 294 g/mol. The van der Waals surface area contributed by atoms with Crippen LogP contribution in [0.3, 0.4) is 0 Å². The molecular weight excluding hydrogens is 271 g/mol. The van der Waals surface area contributed by atoms with E-state index in [4.69, 9.17) is 4.74 Å². The van der Waals surface area contributed by atoms with Crippen molar-refractivity contribution in [2.45, 2.75) is 33.4 Å². The van der Waals surface area contributed by atoms with E-state index in [-0.39, 0.29) is 23.2 Å². The SMILES string of the molecule is COc1ccc(C2NCC(=O)N2CCC(C)(C)C)cc1F. The second-order valence-corrected chi connectivity index (χ2v) is 6.58. The van der Waals surface area contributed by atoms with Crippen molar-refractivity contribution in [1.29, 1.82) is 0 Å². The van der Waals surface area contributed by atoms with Crippen LogP contribution in [0.5, 0.6) is 5.75 Å². The highest BCUT2D eigenvalue weighted by Crippen LogP contribution is 2.28. The Bertz CT molecular complexity index is 525. The minimum atomic E-state index is -0.410. The molecule has 1 aromatic rings. The maximum atomic E-state index is 13.8. The van der Waals surface area contributed by atoms with Gasteiger partial charge in [0.15, 0.2) is 11.6 Å². The number of nitrogens with zero attached hydrogens (tertiary/aromatic N) is 1. The molecule has 0 aliphatic carbocycles. The summed E-state index contributed by atoms with van der Waals surface area (Å²) in [4.78, 5) is 13.8. The predicted molar refractivity (Wildman–Crippen MR) is 79.5 cm³/mol. The number of carbonyl (C=O) groups is 1. The van der Waals surface area contributed by atoms with Crippen molar-refractivity contribution in [3.8, 4) is 5.75 Å². The van der Waals surface area contributed by atoms with Crippen molar-refractivity contribution in [3.05, 3.63) is 29.6 Å². The molecule has 1 unspecified atom stereocenters. The smallest absolute Gasteiger partial charge is 0.238 e. The molecule has 1 aliphatic rings. The van der Waals surface area contributed by atoms with Crippen LogP contribution in [0, 0.1) is 11.2 Å². The van der Waals surface area contributed by atoms with Gasteiger partial charge >= 0.3 is 0 Å². The lowest BCUT2D eigenvalue weighted by Crippen LogP contribution is -2.33. The fourth-order valence-electron chi connectivity index (χ4n) is 2.40. The first kappa shape index (κ1) is 15.8. The molecule has 1 aliphatic heterocycles. The number of nitrogens with one attached hydrogen (secondary N) is 1. The molecule has 0 saturated carbocycles. The van der Waals surface area contributed by atoms with Crippen molar-refractivity contribution >= 4 is 5.91 Å². The molecule has 1 fully saturated rings. The fraction of sp³-hybridized carbons (Fsp3) is 0.562. The maximum Gasteiger partial charge on any atom is 0.238 e. The molecule has 0 spiro atoms. The van der Waals surface area contributed by atoms with Gasteiger partial charge in [-0.25, -0.2) is 4.39 Å². The van der Waals surface area contributed by atoms with Crippen LogP contribution >= 0.6 is 0 Å². The number of ether oxygens (including phenoxy) is 1. The summed E-state index contributed by atoms with van der Waals surface area (Å²) in [6.07, 6.45) is 0.635. The molecular formula is C16H23FN2O2. The van der Waals surface area contributed by atoms with Crippen LogP contribution in [-0.2, 0) is 4.79 Å². The Morgan fingerprint density at radius 2 is 2.14 bits per heavy atom. The standard InChI is InChI=1S/C16H23FN2O2/c1-16(2,3)7-8-19-14(20)10-18-15(19)11-5-6-13(21-4)12(17)9-11/h5-6,9,15,18H,7-8,10H2,1-4H3. The molecule has 4 nitrogen and oxygen atoms in total. The van der Waals surface area contributed by atoms with Crippen molar-refractivity contribution in [2.75, 3.05) is 20.2 Å². The molecule has 0 aromatic heterocycles. The lowest BCUT2D eigenvalue weighted by Gasteiger charge is -2.28. The van der Waals surface area contributed by atoms with Gasteiger partial charge in [0.05, 0.1) is 13.7 Å². The maximum absolute atomic E-state index is 13.8. The highest BCUT2D eigenvalue weighted by atomic mass is 19.1. The highest BCUT2D eigenvalue weighted by Gasteiger charge is 2.32. The lowest BCUT2D eigenvalue weighted by molar-refractivity contribution is -0.128. The normalized spacial score (nSPS) is 19.2. The Balaban J connectivity index is 2.17. The van der Waals surface area contributed by atoms with Crippen molar-refractivity contribution < 1.29 is 13.9 Å². The number of hydrogen-bond donors (Lipinski definition) is 1. The van der Waals surface area contributed by atoms with Gasteiger partial charge in [0.2, 0.25) is 5.91 Å². The third-order valence-electron chi connectivity index (χ3n) is 3.67. The molecule has 0 radical (unpaired) electrons. The molecule has 1 heterocycles. The first-order valence-corrected chi connectivity index (χ1v) is 7.18. The second-order valence-electron chi connectivity index (χ2n) is 6.58. The summed E-state index contributed by atoms with van der Waals surface area (Å²) in [5.74, 6) is -0.142. The highest BCUT2D eigenvalue weighted by molar-refractivity contribution is 5.80. The van der Waals surface area contributed by atoms with Crippen LogP contribution in [0.15, 0.2) is 18.2 Å². The summed E-state index contributed by atoms with van der Waals surface area (Å²) in [6, 6.07) is 4.82. The minimum Gasteiger partial charge on any atom is -0.494 e. The Morgan fingerprint density at radius 1 is 1.43 bits per heavy atom. The van der Waals surface area contributed by atoms with E-state index in [2.05, 4.69) is 26.1 Å². The van der Waals surface area contributed by atoms with Crippen LogP contribution in [0.2, 0.25) is 0 Å². The Kier molecular flexibility index (Phi) is 4.52. The number of methoxy groups -OCH3 is 1. The molecule has 21 heavy (non-hydrogen) atoms. The molecule has 2 rings (SSSR count). The van der Waals surface area contributed by atoms with E-state index >= 15 is 0 Å². The zero-order chi connectivity index (χ0) is 15.6. The van der Waals surface area contributed by atoms with Gasteiger partial charge in [0.1, 0.15) is 6.17 Å². The largest absolute Gasteiger partial charge is 0.494 e. The van der Waals surface area contributed by atoms with E-state index in [1.54, 1.807) is 17.0 Å². The first-order chi connectivity index (χ1) is 9.81. The summed E-state index contributed by atoms with van der Waals surface area (Å²) >= 11 is 0. The van der Waals surface area contributed by atoms with Crippen LogP contribution in [-0.4, -0.2) is 31.0 Å². The first-order valence-electron chi connectivity index (χ1n) is 7.18. The van der Waals surface area contributed by atoms with Gasteiger partial charge in [-0.05, 0) is 29.5 Å². The number of amides is 1. The van der Waals surface area contributed by atoms with E-state index in [1.807, 2.05) is 0 Å². The van der Waals surface area contributed by atoms with Crippen LogP contribution < -0.4 is 10.1 Å². The Morgan fingerprint density at radius 3 is 2.71 bits per heavy atom. The van der Waals surface area contributed by atoms with Gasteiger partial charge in [-0.1, -0.05) is 26.8 Å². The number of rotatable bonds is 4. The molecule has 116 valence electrons. The average molecular weight is 294 g/mol. The third-order valence-corrected chi connectivity index (χ3v) is 3.67. The number of halogens is 1. The van der Waals surface area contributed by atoms with E-state index in [0.29, 0.717) is 13.1 Å². The van der Waals surface area contributed by atoms with E-state index in [1.165, 1.54) is 13.2 Å². The van der Waals surface area contributed by atoms with Gasteiger partial charge in [0.25, 0.3) is 0 Å². The van der Waals surface area contributed by atoms with E-state index in [9.17, 15) is 9.18 Å². The second kappa shape index (κ2) is 6.02. The van der Waals surface area contributed by atoms with Gasteiger partial charge < -0.3 is 9.64 Å². The van der Waals surface area contributed by atoms with E-state index < -0.39 is 5.82 Å². The van der Waals surface area contributed by atoms with Gasteiger partial charge in [0, 0.05) is 6.54 Å². The summed E-state index contributed by atoms with van der Waals surface area (Å²) in [7, 11) is 1.44. The van der Waals surface area contributed by atoms with Gasteiger partial charge in [-0.2, -0.15) is 0 Å². The molecule has 1 saturated heterocycles. The number of hydrogen-bond acceptors (Lipinski definition) is 3. The zero-order valence-electron chi connectivity index (χ0n) is 13.1. The summed E-state index contributed by atoms with van der Waals surface area (Å²) in [6.45, 7) is 7.38. The Labute approximate surface area is 125 Å². The van der Waals surface area contributed by atoms with E-state index in [0.717, 1.165) is 12.0 Å². The quantitative estimate of drug-likeness (QED) is 0.928. The minimum absolute atomic E-state index is 0.0560. The average Bonchev–Trinajstić information content (AvgIpc) is 2.76. The molecule has 1 amide bonds. The number of benzene rings is 1.